The lowest BCUT2D eigenvalue weighted by molar-refractivity contribution is 0.0530. The number of hydrogen-bond acceptors (Lipinski definition) is 3. The van der Waals surface area contributed by atoms with Gasteiger partial charge in [0, 0.05) is 26.2 Å². The zero-order valence-corrected chi connectivity index (χ0v) is 14.5. The molecule has 1 aliphatic heterocycles. The first-order valence-corrected chi connectivity index (χ1v) is 8.29. The number of para-hydroxylation sites is 1. The van der Waals surface area contributed by atoms with Gasteiger partial charge in [0.05, 0.1) is 18.2 Å². The number of piperazine rings is 1. The summed E-state index contributed by atoms with van der Waals surface area (Å²) in [4.78, 5) is 27.9. The van der Waals surface area contributed by atoms with E-state index in [1.807, 2.05) is 0 Å². The van der Waals surface area contributed by atoms with E-state index in [0.29, 0.717) is 17.4 Å². The van der Waals surface area contributed by atoms with E-state index < -0.39 is 28.9 Å². The van der Waals surface area contributed by atoms with Crippen molar-refractivity contribution in [2.45, 2.75) is 0 Å². The molecular weight excluding hydrogens is 361 g/mol. The second-order valence-corrected chi connectivity index (χ2v) is 6.01. The molecule has 142 valence electrons. The summed E-state index contributed by atoms with van der Waals surface area (Å²) in [7, 11) is 1.47. The van der Waals surface area contributed by atoms with E-state index in [9.17, 15) is 22.8 Å². The molecule has 0 aliphatic carbocycles. The molecule has 0 N–H and O–H groups in total. The summed E-state index contributed by atoms with van der Waals surface area (Å²) in [5, 5.41) is 0. The van der Waals surface area contributed by atoms with Crippen LogP contribution < -0.4 is 4.74 Å². The van der Waals surface area contributed by atoms with Crippen LogP contribution in [0.3, 0.4) is 0 Å². The summed E-state index contributed by atoms with van der Waals surface area (Å²) in [5.41, 5.74) is -0.121. The molecule has 2 aromatic rings. The van der Waals surface area contributed by atoms with E-state index in [1.54, 1.807) is 29.2 Å². The van der Waals surface area contributed by atoms with Crippen molar-refractivity contribution in [3.63, 3.8) is 0 Å². The summed E-state index contributed by atoms with van der Waals surface area (Å²) in [6.45, 7) is 0.762. The van der Waals surface area contributed by atoms with Crippen LogP contribution in [0.5, 0.6) is 5.75 Å². The van der Waals surface area contributed by atoms with E-state index >= 15 is 0 Å². The first-order chi connectivity index (χ1) is 12.9. The predicted molar refractivity (Wildman–Crippen MR) is 91.1 cm³/mol. The summed E-state index contributed by atoms with van der Waals surface area (Å²) < 4.78 is 45.4. The standard InChI is InChI=1S/C19H17F3N2O3/c1-27-15-5-3-2-4-12(15)18(25)23-8-10-24(11-9-23)19(26)13-6-7-14(20)17(22)16(13)21/h2-7H,8-11H2,1H3. The van der Waals surface area contributed by atoms with Gasteiger partial charge in [-0.05, 0) is 24.3 Å². The lowest BCUT2D eigenvalue weighted by atomic mass is 10.1. The smallest absolute Gasteiger partial charge is 0.257 e. The average molecular weight is 378 g/mol. The summed E-state index contributed by atoms with van der Waals surface area (Å²) >= 11 is 0. The molecule has 27 heavy (non-hydrogen) atoms. The second kappa shape index (κ2) is 7.69. The first kappa shape index (κ1) is 18.8. The molecule has 0 saturated carbocycles. The number of halogens is 3. The van der Waals surface area contributed by atoms with Crippen LogP contribution in [0.4, 0.5) is 13.2 Å². The minimum atomic E-state index is -1.68. The number of ether oxygens (including phenoxy) is 1. The van der Waals surface area contributed by atoms with Gasteiger partial charge < -0.3 is 14.5 Å². The normalized spacial score (nSPS) is 14.2. The zero-order valence-electron chi connectivity index (χ0n) is 14.5. The average Bonchev–Trinajstić information content (AvgIpc) is 2.71. The van der Waals surface area contributed by atoms with Crippen LogP contribution in [-0.4, -0.2) is 54.9 Å². The molecule has 2 aromatic carbocycles. The fourth-order valence-electron chi connectivity index (χ4n) is 2.97. The van der Waals surface area contributed by atoms with E-state index in [2.05, 4.69) is 0 Å². The van der Waals surface area contributed by atoms with Crippen molar-refractivity contribution in [3.8, 4) is 5.75 Å². The molecule has 0 radical (unpaired) electrons. The third-order valence-electron chi connectivity index (χ3n) is 4.46. The molecule has 0 atom stereocenters. The number of benzene rings is 2. The van der Waals surface area contributed by atoms with Gasteiger partial charge in [0.1, 0.15) is 5.75 Å². The van der Waals surface area contributed by atoms with Crippen molar-refractivity contribution in [1.82, 2.24) is 9.80 Å². The molecule has 0 bridgehead atoms. The number of nitrogens with zero attached hydrogens (tertiary/aromatic N) is 2. The quantitative estimate of drug-likeness (QED) is 0.772. The van der Waals surface area contributed by atoms with Crippen molar-refractivity contribution in [1.29, 1.82) is 0 Å². The third kappa shape index (κ3) is 3.60. The number of hydrogen-bond donors (Lipinski definition) is 0. The lowest BCUT2D eigenvalue weighted by Crippen LogP contribution is -2.50. The van der Waals surface area contributed by atoms with Crippen molar-refractivity contribution in [2.24, 2.45) is 0 Å². The Morgan fingerprint density at radius 1 is 0.815 bits per heavy atom. The number of methoxy groups -OCH3 is 1. The Morgan fingerprint density at radius 2 is 1.37 bits per heavy atom. The van der Waals surface area contributed by atoms with E-state index in [1.165, 1.54) is 12.0 Å². The molecule has 3 rings (SSSR count). The first-order valence-electron chi connectivity index (χ1n) is 8.29. The Balaban J connectivity index is 1.69. The topological polar surface area (TPSA) is 49.9 Å². The highest BCUT2D eigenvalue weighted by atomic mass is 19.2. The Kier molecular flexibility index (Phi) is 5.34. The minimum Gasteiger partial charge on any atom is -0.496 e. The van der Waals surface area contributed by atoms with Crippen molar-refractivity contribution in [3.05, 3.63) is 65.0 Å². The highest BCUT2D eigenvalue weighted by molar-refractivity contribution is 5.97. The van der Waals surface area contributed by atoms with Crippen molar-refractivity contribution >= 4 is 11.8 Å². The largest absolute Gasteiger partial charge is 0.496 e. The minimum absolute atomic E-state index is 0.151. The van der Waals surface area contributed by atoms with E-state index in [4.69, 9.17) is 4.74 Å². The molecule has 1 aliphatic rings. The van der Waals surface area contributed by atoms with Crippen LogP contribution >= 0.6 is 0 Å². The molecule has 1 saturated heterocycles. The van der Waals surface area contributed by atoms with Crippen molar-refractivity contribution in [2.75, 3.05) is 33.3 Å². The van der Waals surface area contributed by atoms with Crippen LogP contribution in [0.15, 0.2) is 36.4 Å². The van der Waals surface area contributed by atoms with Gasteiger partial charge in [-0.3, -0.25) is 9.59 Å². The molecule has 0 spiro atoms. The SMILES string of the molecule is COc1ccccc1C(=O)N1CCN(C(=O)c2ccc(F)c(F)c2F)CC1. The summed E-state index contributed by atoms with van der Waals surface area (Å²) in [5.74, 6) is -5.06. The van der Waals surface area contributed by atoms with Crippen LogP contribution in [0.1, 0.15) is 20.7 Å². The molecule has 2 amide bonds. The third-order valence-corrected chi connectivity index (χ3v) is 4.46. The fraction of sp³-hybridized carbons (Fsp3) is 0.263. The van der Waals surface area contributed by atoms with Gasteiger partial charge in [0.25, 0.3) is 11.8 Å². The Labute approximate surface area is 153 Å². The highest BCUT2D eigenvalue weighted by Gasteiger charge is 2.29. The Hall–Kier alpha value is -3.03. The summed E-state index contributed by atoms with van der Waals surface area (Å²) in [6, 6.07) is 8.44. The van der Waals surface area contributed by atoms with Gasteiger partial charge in [-0.25, -0.2) is 13.2 Å². The van der Waals surface area contributed by atoms with Crippen molar-refractivity contribution < 1.29 is 27.5 Å². The maximum atomic E-state index is 13.8. The van der Waals surface area contributed by atoms with Crippen LogP contribution in [0.25, 0.3) is 0 Å². The maximum Gasteiger partial charge on any atom is 0.257 e. The number of amides is 2. The van der Waals surface area contributed by atoms with Gasteiger partial charge >= 0.3 is 0 Å². The summed E-state index contributed by atoms with van der Waals surface area (Å²) in [6.07, 6.45) is 0. The molecule has 8 heteroatoms. The molecular formula is C19H17F3N2O3. The predicted octanol–water partition coefficient (Wildman–Crippen LogP) is 2.71. The maximum absolute atomic E-state index is 13.8. The van der Waals surface area contributed by atoms with Gasteiger partial charge in [-0.1, -0.05) is 12.1 Å². The Morgan fingerprint density at radius 3 is 1.96 bits per heavy atom. The number of rotatable bonds is 3. The van der Waals surface area contributed by atoms with Gasteiger partial charge in [0.2, 0.25) is 0 Å². The monoisotopic (exact) mass is 378 g/mol. The lowest BCUT2D eigenvalue weighted by Gasteiger charge is -2.35. The molecule has 5 nitrogen and oxygen atoms in total. The van der Waals surface area contributed by atoms with Crippen LogP contribution in [0.2, 0.25) is 0 Å². The number of carbonyl (C=O) groups excluding carboxylic acids is 2. The number of carbonyl (C=O) groups is 2. The molecule has 1 heterocycles. The highest BCUT2D eigenvalue weighted by Crippen LogP contribution is 2.21. The Bertz CT molecular complexity index is 880. The van der Waals surface area contributed by atoms with Crippen LogP contribution in [-0.2, 0) is 0 Å². The van der Waals surface area contributed by atoms with Gasteiger partial charge in [0.15, 0.2) is 17.5 Å². The van der Waals surface area contributed by atoms with Gasteiger partial charge in [-0.2, -0.15) is 0 Å². The molecule has 0 unspecified atom stereocenters. The zero-order chi connectivity index (χ0) is 19.6. The van der Waals surface area contributed by atoms with E-state index in [0.717, 1.165) is 6.07 Å². The van der Waals surface area contributed by atoms with E-state index in [-0.39, 0.29) is 32.1 Å². The fourth-order valence-corrected chi connectivity index (χ4v) is 2.97. The van der Waals surface area contributed by atoms with Gasteiger partial charge in [-0.15, -0.1) is 0 Å². The molecule has 0 aromatic heterocycles. The van der Waals surface area contributed by atoms with Crippen LogP contribution in [0, 0.1) is 17.5 Å². The second-order valence-electron chi connectivity index (χ2n) is 6.01. The molecule has 1 fully saturated rings.